The van der Waals surface area contributed by atoms with Crippen molar-refractivity contribution in [2.24, 2.45) is 5.92 Å². The normalized spacial score (nSPS) is 13.3. The standard InChI is InChI=1S/C12H23N3S/c1-10(2)9-15-12(8-13-14-15)7-5-4-6-11(3)16/h8,10-11,16H,4-7,9H2,1-3H3. The van der Waals surface area contributed by atoms with Gasteiger partial charge in [-0.25, -0.2) is 4.68 Å². The van der Waals surface area contributed by atoms with E-state index in [-0.39, 0.29) is 0 Å². The maximum Gasteiger partial charge on any atom is 0.0725 e. The fourth-order valence-electron chi connectivity index (χ4n) is 1.72. The third kappa shape index (κ3) is 5.01. The van der Waals surface area contributed by atoms with Crippen molar-refractivity contribution in [2.45, 2.75) is 58.2 Å². The average molecular weight is 241 g/mol. The molecule has 0 amide bonds. The summed E-state index contributed by atoms with van der Waals surface area (Å²) in [4.78, 5) is 0. The minimum absolute atomic E-state index is 0.513. The Morgan fingerprint density at radius 3 is 2.69 bits per heavy atom. The second-order valence-electron chi connectivity index (χ2n) is 4.90. The van der Waals surface area contributed by atoms with Crippen LogP contribution in [0.25, 0.3) is 0 Å². The van der Waals surface area contributed by atoms with Crippen molar-refractivity contribution in [2.75, 3.05) is 0 Å². The number of aryl methyl sites for hydroxylation is 1. The van der Waals surface area contributed by atoms with Crippen LogP contribution in [0.1, 0.15) is 45.7 Å². The van der Waals surface area contributed by atoms with Crippen LogP contribution < -0.4 is 0 Å². The largest absolute Gasteiger partial charge is 0.249 e. The molecule has 1 rings (SSSR count). The number of unbranched alkanes of at least 4 members (excludes halogenated alkanes) is 1. The summed E-state index contributed by atoms with van der Waals surface area (Å²) in [6.07, 6.45) is 6.61. The van der Waals surface area contributed by atoms with Crippen LogP contribution >= 0.6 is 12.6 Å². The highest BCUT2D eigenvalue weighted by Gasteiger charge is 2.05. The van der Waals surface area contributed by atoms with Gasteiger partial charge in [-0.3, -0.25) is 0 Å². The Labute approximate surface area is 104 Å². The van der Waals surface area contributed by atoms with E-state index in [4.69, 9.17) is 0 Å². The molecule has 0 aliphatic heterocycles. The maximum absolute atomic E-state index is 4.38. The Morgan fingerprint density at radius 1 is 1.31 bits per heavy atom. The molecule has 1 aromatic rings. The summed E-state index contributed by atoms with van der Waals surface area (Å²) in [6.45, 7) is 7.52. The van der Waals surface area contributed by atoms with Gasteiger partial charge >= 0.3 is 0 Å². The lowest BCUT2D eigenvalue weighted by atomic mass is 10.1. The fourth-order valence-corrected chi connectivity index (χ4v) is 1.90. The van der Waals surface area contributed by atoms with E-state index in [1.165, 1.54) is 25.0 Å². The summed E-state index contributed by atoms with van der Waals surface area (Å²) < 4.78 is 2.04. The van der Waals surface area contributed by atoms with Crippen LogP contribution in [0, 0.1) is 5.92 Å². The molecule has 0 radical (unpaired) electrons. The van der Waals surface area contributed by atoms with Crippen LogP contribution in [0.3, 0.4) is 0 Å². The predicted molar refractivity (Wildman–Crippen MR) is 70.9 cm³/mol. The van der Waals surface area contributed by atoms with Gasteiger partial charge < -0.3 is 0 Å². The highest BCUT2D eigenvalue weighted by Crippen LogP contribution is 2.10. The molecule has 16 heavy (non-hydrogen) atoms. The molecule has 3 nitrogen and oxygen atoms in total. The number of hydrogen-bond acceptors (Lipinski definition) is 3. The van der Waals surface area contributed by atoms with Crippen LogP contribution in [0.15, 0.2) is 6.20 Å². The smallest absolute Gasteiger partial charge is 0.0725 e. The first-order chi connectivity index (χ1) is 7.59. The zero-order chi connectivity index (χ0) is 12.0. The van der Waals surface area contributed by atoms with Gasteiger partial charge in [-0.2, -0.15) is 12.6 Å². The summed E-state index contributed by atoms with van der Waals surface area (Å²) in [5, 5.41) is 8.62. The zero-order valence-corrected chi connectivity index (χ0v) is 11.5. The van der Waals surface area contributed by atoms with Crippen LogP contribution in [-0.4, -0.2) is 20.2 Å². The van der Waals surface area contributed by atoms with Gasteiger partial charge in [0.1, 0.15) is 0 Å². The minimum Gasteiger partial charge on any atom is -0.249 e. The molecular weight excluding hydrogens is 218 g/mol. The molecule has 0 saturated heterocycles. The minimum atomic E-state index is 0.513. The molecule has 0 aliphatic carbocycles. The number of nitrogens with zero attached hydrogens (tertiary/aromatic N) is 3. The summed E-state index contributed by atoms with van der Waals surface area (Å²) in [7, 11) is 0. The van der Waals surface area contributed by atoms with Crippen LogP contribution in [0.4, 0.5) is 0 Å². The van der Waals surface area contributed by atoms with Gasteiger partial charge in [-0.15, -0.1) is 5.10 Å². The molecular formula is C12H23N3S. The first-order valence-corrected chi connectivity index (χ1v) is 6.66. The second-order valence-corrected chi connectivity index (χ2v) is 5.78. The molecule has 4 heteroatoms. The monoisotopic (exact) mass is 241 g/mol. The molecule has 0 spiro atoms. The fraction of sp³-hybridized carbons (Fsp3) is 0.833. The van der Waals surface area contributed by atoms with Crippen LogP contribution in [0.5, 0.6) is 0 Å². The lowest BCUT2D eigenvalue weighted by Crippen LogP contribution is -2.10. The lowest BCUT2D eigenvalue weighted by molar-refractivity contribution is 0.455. The maximum atomic E-state index is 4.38. The first kappa shape index (κ1) is 13.6. The molecule has 0 bridgehead atoms. The van der Waals surface area contributed by atoms with Gasteiger partial charge in [-0.1, -0.05) is 32.4 Å². The second kappa shape index (κ2) is 6.94. The van der Waals surface area contributed by atoms with Crippen molar-refractivity contribution in [3.05, 3.63) is 11.9 Å². The molecule has 1 heterocycles. The quantitative estimate of drug-likeness (QED) is 0.588. The van der Waals surface area contributed by atoms with E-state index < -0.39 is 0 Å². The highest BCUT2D eigenvalue weighted by atomic mass is 32.1. The Kier molecular flexibility index (Phi) is 5.88. The Hall–Kier alpha value is -0.510. The number of thiol groups is 1. The van der Waals surface area contributed by atoms with E-state index in [0.29, 0.717) is 11.2 Å². The molecule has 0 aromatic carbocycles. The van der Waals surface area contributed by atoms with E-state index in [1.54, 1.807) is 0 Å². The van der Waals surface area contributed by atoms with Crippen LogP contribution in [0.2, 0.25) is 0 Å². The molecule has 1 atom stereocenters. The SMILES string of the molecule is CC(C)Cn1nncc1CCCCC(C)S. The van der Waals surface area contributed by atoms with E-state index in [2.05, 4.69) is 43.7 Å². The van der Waals surface area contributed by atoms with Crippen molar-refractivity contribution >= 4 is 12.6 Å². The average Bonchev–Trinajstić information content (AvgIpc) is 2.59. The van der Waals surface area contributed by atoms with Crippen molar-refractivity contribution in [1.29, 1.82) is 0 Å². The topological polar surface area (TPSA) is 30.7 Å². The predicted octanol–water partition coefficient (Wildman–Crippen LogP) is 2.97. The van der Waals surface area contributed by atoms with Crippen molar-refractivity contribution in [1.82, 2.24) is 15.0 Å². The van der Waals surface area contributed by atoms with E-state index in [0.717, 1.165) is 13.0 Å². The summed E-state index contributed by atoms with van der Waals surface area (Å²) in [5.41, 5.74) is 1.26. The molecule has 0 saturated carbocycles. The Morgan fingerprint density at radius 2 is 2.06 bits per heavy atom. The molecule has 0 fully saturated rings. The van der Waals surface area contributed by atoms with Gasteiger partial charge in [0.2, 0.25) is 0 Å². The summed E-state index contributed by atoms with van der Waals surface area (Å²) in [6, 6.07) is 0. The zero-order valence-electron chi connectivity index (χ0n) is 10.6. The van der Waals surface area contributed by atoms with Gasteiger partial charge in [0, 0.05) is 6.54 Å². The van der Waals surface area contributed by atoms with Gasteiger partial charge in [0.05, 0.1) is 11.9 Å². The number of aromatic nitrogens is 3. The van der Waals surface area contributed by atoms with Crippen LogP contribution in [-0.2, 0) is 13.0 Å². The molecule has 0 N–H and O–H groups in total. The third-order valence-electron chi connectivity index (χ3n) is 2.54. The Bertz CT molecular complexity index is 294. The third-order valence-corrected chi connectivity index (χ3v) is 2.80. The van der Waals surface area contributed by atoms with Crippen molar-refractivity contribution < 1.29 is 0 Å². The highest BCUT2D eigenvalue weighted by molar-refractivity contribution is 7.80. The molecule has 1 unspecified atom stereocenters. The van der Waals surface area contributed by atoms with E-state index in [9.17, 15) is 0 Å². The molecule has 92 valence electrons. The van der Waals surface area contributed by atoms with Gasteiger partial charge in [-0.05, 0) is 30.4 Å². The first-order valence-electron chi connectivity index (χ1n) is 6.15. The summed E-state index contributed by atoms with van der Waals surface area (Å²) in [5.74, 6) is 0.623. The van der Waals surface area contributed by atoms with Gasteiger partial charge in [0.25, 0.3) is 0 Å². The Balaban J connectivity index is 2.33. The van der Waals surface area contributed by atoms with Crippen molar-refractivity contribution in [3.63, 3.8) is 0 Å². The molecule has 1 aromatic heterocycles. The van der Waals surface area contributed by atoms with E-state index in [1.807, 2.05) is 10.9 Å². The number of rotatable bonds is 7. The van der Waals surface area contributed by atoms with Gasteiger partial charge in [0.15, 0.2) is 0 Å². The van der Waals surface area contributed by atoms with Crippen molar-refractivity contribution in [3.8, 4) is 0 Å². The van der Waals surface area contributed by atoms with E-state index >= 15 is 0 Å². The number of hydrogen-bond donors (Lipinski definition) is 1. The molecule has 0 aliphatic rings. The lowest BCUT2D eigenvalue weighted by Gasteiger charge is -2.08. The summed E-state index contributed by atoms with van der Waals surface area (Å²) >= 11 is 4.38.